The number of amides is 1. The molecule has 1 fully saturated rings. The van der Waals surface area contributed by atoms with Gasteiger partial charge in [0.1, 0.15) is 17.7 Å². The third kappa shape index (κ3) is 6.21. The molecule has 0 bridgehead atoms. The van der Waals surface area contributed by atoms with Crippen molar-refractivity contribution in [3.63, 3.8) is 0 Å². The zero-order valence-corrected chi connectivity index (χ0v) is 25.5. The number of rotatable bonds is 8. The Morgan fingerprint density at radius 3 is 1.74 bits per heavy atom. The number of hydrogen-bond donors (Lipinski definition) is 0. The molecule has 0 spiro atoms. The largest absolute Gasteiger partial charge is 0.459 e. The lowest BCUT2D eigenvalue weighted by molar-refractivity contribution is -0.161. The summed E-state index contributed by atoms with van der Waals surface area (Å²) in [6.45, 7) is 8.56. The number of imidazole rings is 1. The van der Waals surface area contributed by atoms with Crippen molar-refractivity contribution < 1.29 is 19.1 Å². The molecule has 1 amide bonds. The standard InChI is InChI=1S/C36H41N3O4/c1-5-35(21-23-38(24-22-35)33(41)43-34(2,3)4)32(40)42-26-31-25-39(27-37-31)36(28-15-9-6-10-16-28,29-17-11-7-12-18-29)30-19-13-8-14-20-30/h6-20,25,27H,5,21-24,26H2,1-4H3. The fraction of sp³-hybridized carbons (Fsp3) is 0.361. The number of hydrogen-bond acceptors (Lipinski definition) is 5. The van der Waals surface area contributed by atoms with Crippen LogP contribution in [-0.2, 0) is 26.4 Å². The molecular weight excluding hydrogens is 538 g/mol. The van der Waals surface area contributed by atoms with Crippen LogP contribution in [0.25, 0.3) is 0 Å². The molecule has 2 heterocycles. The molecule has 0 radical (unpaired) electrons. The average Bonchev–Trinajstić information content (AvgIpc) is 3.50. The maximum Gasteiger partial charge on any atom is 0.410 e. The second-order valence-electron chi connectivity index (χ2n) is 12.3. The van der Waals surface area contributed by atoms with Crippen LogP contribution in [0.15, 0.2) is 104 Å². The van der Waals surface area contributed by atoms with Gasteiger partial charge >= 0.3 is 12.1 Å². The first kappa shape index (κ1) is 30.1. The molecule has 224 valence electrons. The Labute approximate surface area is 254 Å². The first-order valence-corrected chi connectivity index (χ1v) is 15.0. The van der Waals surface area contributed by atoms with Crippen LogP contribution in [0, 0.1) is 5.41 Å². The lowest BCUT2D eigenvalue weighted by Gasteiger charge is -2.39. The van der Waals surface area contributed by atoms with Crippen molar-refractivity contribution in [1.29, 1.82) is 0 Å². The predicted molar refractivity (Wildman–Crippen MR) is 166 cm³/mol. The smallest absolute Gasteiger partial charge is 0.410 e. The van der Waals surface area contributed by atoms with E-state index in [0.717, 1.165) is 16.7 Å². The van der Waals surface area contributed by atoms with Crippen molar-refractivity contribution in [3.8, 4) is 0 Å². The lowest BCUT2D eigenvalue weighted by atomic mass is 9.76. The molecule has 7 heteroatoms. The van der Waals surface area contributed by atoms with Gasteiger partial charge in [-0.15, -0.1) is 0 Å². The quantitative estimate of drug-likeness (QED) is 0.163. The molecule has 0 unspecified atom stereocenters. The highest BCUT2D eigenvalue weighted by atomic mass is 16.6. The molecule has 1 aliphatic heterocycles. The van der Waals surface area contributed by atoms with Crippen LogP contribution in [-0.4, -0.2) is 45.2 Å². The van der Waals surface area contributed by atoms with Crippen LogP contribution < -0.4 is 0 Å². The lowest BCUT2D eigenvalue weighted by Crippen LogP contribution is -2.48. The van der Waals surface area contributed by atoms with Crippen LogP contribution in [0.3, 0.4) is 0 Å². The van der Waals surface area contributed by atoms with E-state index in [-0.39, 0.29) is 18.7 Å². The van der Waals surface area contributed by atoms with Crippen molar-refractivity contribution in [2.45, 2.75) is 64.7 Å². The maximum atomic E-state index is 13.5. The minimum absolute atomic E-state index is 0.0673. The summed E-state index contributed by atoms with van der Waals surface area (Å²) in [5.41, 5.74) is 2.07. The van der Waals surface area contributed by atoms with E-state index >= 15 is 0 Å². The second kappa shape index (κ2) is 12.5. The molecule has 3 aromatic carbocycles. The third-order valence-corrected chi connectivity index (χ3v) is 8.43. The van der Waals surface area contributed by atoms with E-state index in [9.17, 15) is 9.59 Å². The fourth-order valence-electron chi connectivity index (χ4n) is 6.05. The summed E-state index contributed by atoms with van der Waals surface area (Å²) in [5, 5.41) is 0. The minimum atomic E-state index is -0.682. The highest BCUT2D eigenvalue weighted by Gasteiger charge is 2.43. The van der Waals surface area contributed by atoms with Gasteiger partial charge in [0, 0.05) is 19.3 Å². The molecule has 0 N–H and O–H groups in total. The summed E-state index contributed by atoms with van der Waals surface area (Å²) in [7, 11) is 0. The van der Waals surface area contributed by atoms with Gasteiger partial charge in [0.05, 0.1) is 17.4 Å². The number of carbonyl (C=O) groups excluding carboxylic acids is 2. The Morgan fingerprint density at radius 1 is 0.814 bits per heavy atom. The van der Waals surface area contributed by atoms with Crippen molar-refractivity contribution in [2.24, 2.45) is 5.41 Å². The first-order chi connectivity index (χ1) is 20.7. The third-order valence-electron chi connectivity index (χ3n) is 8.43. The van der Waals surface area contributed by atoms with Crippen molar-refractivity contribution in [3.05, 3.63) is 126 Å². The van der Waals surface area contributed by atoms with Crippen LogP contribution in [0.1, 0.15) is 69.3 Å². The van der Waals surface area contributed by atoms with Crippen molar-refractivity contribution >= 4 is 12.1 Å². The number of piperidine rings is 1. The van der Waals surface area contributed by atoms with Gasteiger partial charge in [-0.1, -0.05) is 97.9 Å². The Balaban J connectivity index is 1.38. The summed E-state index contributed by atoms with van der Waals surface area (Å²) in [4.78, 5) is 32.5. The summed E-state index contributed by atoms with van der Waals surface area (Å²) in [6.07, 6.45) is 5.18. The first-order valence-electron chi connectivity index (χ1n) is 15.0. The molecule has 43 heavy (non-hydrogen) atoms. The molecule has 0 atom stereocenters. The van der Waals surface area contributed by atoms with Gasteiger partial charge in [0.2, 0.25) is 0 Å². The zero-order chi connectivity index (χ0) is 30.5. The Bertz CT molecular complexity index is 1410. The van der Waals surface area contributed by atoms with Crippen LogP contribution in [0.4, 0.5) is 4.79 Å². The number of nitrogens with zero attached hydrogens (tertiary/aromatic N) is 3. The van der Waals surface area contributed by atoms with Gasteiger partial charge in [0.25, 0.3) is 0 Å². The van der Waals surface area contributed by atoms with E-state index in [1.807, 2.05) is 94.8 Å². The van der Waals surface area contributed by atoms with E-state index in [1.165, 1.54) is 0 Å². The highest BCUT2D eigenvalue weighted by molar-refractivity contribution is 5.77. The van der Waals surface area contributed by atoms with Gasteiger partial charge in [0.15, 0.2) is 0 Å². The van der Waals surface area contributed by atoms with Crippen molar-refractivity contribution in [2.75, 3.05) is 13.1 Å². The van der Waals surface area contributed by atoms with Crippen LogP contribution >= 0.6 is 0 Å². The highest BCUT2D eigenvalue weighted by Crippen LogP contribution is 2.41. The van der Waals surface area contributed by atoms with E-state index < -0.39 is 16.6 Å². The number of aromatic nitrogens is 2. The monoisotopic (exact) mass is 579 g/mol. The van der Waals surface area contributed by atoms with Crippen molar-refractivity contribution in [1.82, 2.24) is 14.5 Å². The van der Waals surface area contributed by atoms with Crippen LogP contribution in [0.5, 0.6) is 0 Å². The van der Waals surface area contributed by atoms with E-state index in [1.54, 1.807) is 4.90 Å². The number of carbonyl (C=O) groups is 2. The molecule has 0 saturated carbocycles. The molecule has 7 nitrogen and oxygen atoms in total. The summed E-state index contributed by atoms with van der Waals surface area (Å²) < 4.78 is 13.6. The van der Waals surface area contributed by atoms with Gasteiger partial charge < -0.3 is 18.9 Å². The second-order valence-corrected chi connectivity index (χ2v) is 12.3. The number of benzene rings is 3. The molecule has 1 aromatic heterocycles. The molecule has 1 aliphatic rings. The molecule has 0 aliphatic carbocycles. The Morgan fingerprint density at radius 2 is 1.30 bits per heavy atom. The topological polar surface area (TPSA) is 73.7 Å². The Hall–Kier alpha value is -4.39. The van der Waals surface area contributed by atoms with E-state index in [4.69, 9.17) is 14.5 Å². The zero-order valence-electron chi connectivity index (χ0n) is 25.5. The molecule has 5 rings (SSSR count). The average molecular weight is 580 g/mol. The normalized spacial score (nSPS) is 15.1. The molecule has 1 saturated heterocycles. The van der Waals surface area contributed by atoms with E-state index in [0.29, 0.717) is 38.0 Å². The summed E-state index contributed by atoms with van der Waals surface area (Å²) in [6, 6.07) is 31.2. The van der Waals surface area contributed by atoms with Gasteiger partial charge in [-0.05, 0) is 56.7 Å². The number of ether oxygens (including phenoxy) is 2. The van der Waals surface area contributed by atoms with Crippen LogP contribution in [0.2, 0.25) is 0 Å². The maximum absolute atomic E-state index is 13.5. The minimum Gasteiger partial charge on any atom is -0.459 e. The SMILES string of the molecule is CCC1(C(=O)OCc2cn(C(c3ccccc3)(c3ccccc3)c3ccccc3)cn2)CCN(C(=O)OC(C)(C)C)CC1. The molecule has 4 aromatic rings. The summed E-state index contributed by atoms with van der Waals surface area (Å²) in [5.74, 6) is -0.242. The van der Waals surface area contributed by atoms with Gasteiger partial charge in [-0.2, -0.15) is 0 Å². The summed E-state index contributed by atoms with van der Waals surface area (Å²) >= 11 is 0. The number of likely N-dealkylation sites (tertiary alicyclic amines) is 1. The predicted octanol–water partition coefficient (Wildman–Crippen LogP) is 7.19. The Kier molecular flexibility index (Phi) is 8.71. The molecular formula is C36H41N3O4. The van der Waals surface area contributed by atoms with E-state index in [2.05, 4.69) is 41.0 Å². The fourth-order valence-corrected chi connectivity index (χ4v) is 6.05. The van der Waals surface area contributed by atoms with Gasteiger partial charge in [-0.3, -0.25) is 4.79 Å². The van der Waals surface area contributed by atoms with Gasteiger partial charge in [-0.25, -0.2) is 9.78 Å². The number of esters is 1.